The molecule has 2 bridgehead atoms. The Kier molecular flexibility index (Phi) is 4.74. The van der Waals surface area contributed by atoms with Gasteiger partial charge >= 0.3 is 0 Å². The number of hydrogen-bond donors (Lipinski definition) is 0. The molecule has 0 aliphatic carbocycles. The van der Waals surface area contributed by atoms with Gasteiger partial charge in [-0.05, 0) is 43.7 Å². The number of pyridine rings is 1. The van der Waals surface area contributed by atoms with Crippen molar-refractivity contribution in [1.29, 1.82) is 0 Å². The van der Waals surface area contributed by atoms with Crippen LogP contribution in [-0.2, 0) is 11.3 Å². The van der Waals surface area contributed by atoms with Crippen LogP contribution in [0.4, 0.5) is 0 Å². The minimum absolute atomic E-state index is 0.145. The Morgan fingerprint density at radius 1 is 1.15 bits per heavy atom. The third kappa shape index (κ3) is 3.13. The molecule has 4 rings (SSSR count). The summed E-state index contributed by atoms with van der Waals surface area (Å²) in [5, 5.41) is 0. The maximum atomic E-state index is 12.4. The molecule has 1 aromatic rings. The van der Waals surface area contributed by atoms with Crippen LogP contribution < -0.4 is 5.56 Å². The molecular weight excluding hydrogens is 326 g/mol. The summed E-state index contributed by atoms with van der Waals surface area (Å²) in [5.74, 6) is 1.20. The number of allylic oxidation sites excluding steroid dienone is 1. The average Bonchev–Trinajstić information content (AvgIpc) is 2.64. The van der Waals surface area contributed by atoms with E-state index in [9.17, 15) is 9.59 Å². The topological polar surface area (TPSA) is 45.6 Å². The van der Waals surface area contributed by atoms with E-state index in [4.69, 9.17) is 0 Å². The second-order valence-corrected chi connectivity index (χ2v) is 8.11. The fraction of sp³-hybridized carbons (Fsp3) is 0.619. The molecule has 3 aliphatic rings. The molecule has 2 atom stereocenters. The normalized spacial score (nSPS) is 26.9. The van der Waals surface area contributed by atoms with Crippen molar-refractivity contribution < 1.29 is 4.79 Å². The molecule has 0 aromatic carbocycles. The summed E-state index contributed by atoms with van der Waals surface area (Å²) in [6.07, 6.45) is 7.53. The van der Waals surface area contributed by atoms with Crippen molar-refractivity contribution in [1.82, 2.24) is 14.4 Å². The first-order chi connectivity index (χ1) is 12.6. The molecule has 26 heavy (non-hydrogen) atoms. The van der Waals surface area contributed by atoms with Gasteiger partial charge in [0.15, 0.2) is 0 Å². The summed E-state index contributed by atoms with van der Waals surface area (Å²) >= 11 is 0. The largest absolute Gasteiger partial charge is 0.343 e. The molecule has 2 fully saturated rings. The number of carbonyl (C=O) groups excluding carboxylic acids is 1. The highest BCUT2D eigenvalue weighted by atomic mass is 16.2. The van der Waals surface area contributed by atoms with Gasteiger partial charge in [0.25, 0.3) is 5.56 Å². The van der Waals surface area contributed by atoms with Gasteiger partial charge in [0.05, 0.1) is 0 Å². The van der Waals surface area contributed by atoms with E-state index in [-0.39, 0.29) is 11.5 Å². The molecule has 1 amide bonds. The maximum absolute atomic E-state index is 12.4. The van der Waals surface area contributed by atoms with Crippen molar-refractivity contribution in [2.75, 3.05) is 26.2 Å². The Bertz CT molecular complexity index is 774. The number of aromatic nitrogens is 1. The summed E-state index contributed by atoms with van der Waals surface area (Å²) in [7, 11) is 0. The van der Waals surface area contributed by atoms with Crippen molar-refractivity contribution in [2.45, 2.75) is 51.6 Å². The molecule has 0 spiro atoms. The van der Waals surface area contributed by atoms with E-state index in [1.165, 1.54) is 17.7 Å². The Morgan fingerprint density at radius 3 is 2.62 bits per heavy atom. The number of amides is 1. The smallest absolute Gasteiger partial charge is 0.250 e. The van der Waals surface area contributed by atoms with Crippen molar-refractivity contribution in [3.8, 4) is 0 Å². The van der Waals surface area contributed by atoms with Crippen LogP contribution in [0.5, 0.6) is 0 Å². The van der Waals surface area contributed by atoms with Crippen LogP contribution in [0.15, 0.2) is 23.0 Å². The van der Waals surface area contributed by atoms with E-state index < -0.39 is 0 Å². The lowest BCUT2D eigenvalue weighted by Gasteiger charge is -2.47. The Labute approximate surface area is 155 Å². The van der Waals surface area contributed by atoms with Crippen molar-refractivity contribution >= 4 is 12.0 Å². The van der Waals surface area contributed by atoms with Crippen molar-refractivity contribution in [2.24, 2.45) is 5.92 Å². The highest BCUT2D eigenvalue weighted by molar-refractivity contribution is 5.73. The SMILES string of the molecule is CC=Cc1ccc(=O)n2c1C1CC(CN(C3CCN(C(C)=O)CC3)C1)C2. The summed E-state index contributed by atoms with van der Waals surface area (Å²) in [4.78, 5) is 28.6. The van der Waals surface area contributed by atoms with Crippen molar-refractivity contribution in [3.63, 3.8) is 0 Å². The van der Waals surface area contributed by atoms with Gasteiger partial charge in [-0.3, -0.25) is 14.5 Å². The molecule has 5 heteroatoms. The van der Waals surface area contributed by atoms with E-state index >= 15 is 0 Å². The Hall–Kier alpha value is -1.88. The van der Waals surface area contributed by atoms with Crippen LogP contribution in [0.25, 0.3) is 6.08 Å². The number of rotatable bonds is 2. The van der Waals surface area contributed by atoms with Gasteiger partial charge in [0, 0.05) is 63.4 Å². The van der Waals surface area contributed by atoms with Gasteiger partial charge < -0.3 is 9.47 Å². The van der Waals surface area contributed by atoms with Crippen LogP contribution >= 0.6 is 0 Å². The third-order valence-electron chi connectivity index (χ3n) is 6.42. The maximum Gasteiger partial charge on any atom is 0.250 e. The molecule has 4 heterocycles. The summed E-state index contributed by atoms with van der Waals surface area (Å²) in [6, 6.07) is 4.27. The van der Waals surface area contributed by atoms with Gasteiger partial charge in [0.2, 0.25) is 5.91 Å². The second-order valence-electron chi connectivity index (χ2n) is 8.11. The standard InChI is InChI=1S/C21H29N3O2/c1-3-4-17-5-6-20(26)24-13-16-11-18(21(17)24)14-23(12-16)19-7-9-22(10-8-19)15(2)25/h3-6,16,18-19H,7-14H2,1-2H3. The average molecular weight is 355 g/mol. The zero-order chi connectivity index (χ0) is 18.3. The van der Waals surface area contributed by atoms with Gasteiger partial charge in [-0.2, -0.15) is 0 Å². The van der Waals surface area contributed by atoms with E-state index in [0.29, 0.717) is 17.9 Å². The fourth-order valence-corrected chi connectivity index (χ4v) is 5.25. The predicted octanol–water partition coefficient (Wildman–Crippen LogP) is 2.31. The zero-order valence-electron chi connectivity index (χ0n) is 15.9. The molecule has 3 aliphatic heterocycles. The van der Waals surface area contributed by atoms with Gasteiger partial charge in [-0.25, -0.2) is 0 Å². The highest BCUT2D eigenvalue weighted by Crippen LogP contribution is 2.38. The minimum Gasteiger partial charge on any atom is -0.343 e. The first-order valence-corrected chi connectivity index (χ1v) is 9.92. The molecule has 140 valence electrons. The van der Waals surface area contributed by atoms with Crippen LogP contribution in [-0.4, -0.2) is 52.5 Å². The van der Waals surface area contributed by atoms with Crippen LogP contribution in [0.3, 0.4) is 0 Å². The molecule has 2 saturated heterocycles. The first kappa shape index (κ1) is 17.5. The lowest BCUT2D eigenvalue weighted by molar-refractivity contribution is -0.130. The second kappa shape index (κ2) is 7.03. The minimum atomic E-state index is 0.145. The number of fused-ring (bicyclic) bond motifs is 4. The number of likely N-dealkylation sites (tertiary alicyclic amines) is 2. The van der Waals surface area contributed by atoms with Gasteiger partial charge in [-0.15, -0.1) is 0 Å². The Morgan fingerprint density at radius 2 is 1.92 bits per heavy atom. The van der Waals surface area contributed by atoms with E-state index in [1.54, 1.807) is 13.0 Å². The number of piperidine rings is 2. The molecule has 1 aromatic heterocycles. The van der Waals surface area contributed by atoms with Crippen molar-refractivity contribution in [3.05, 3.63) is 39.8 Å². The first-order valence-electron chi connectivity index (χ1n) is 9.92. The zero-order valence-corrected chi connectivity index (χ0v) is 15.9. The predicted molar refractivity (Wildman–Crippen MR) is 103 cm³/mol. The number of carbonyl (C=O) groups is 1. The number of hydrogen-bond acceptors (Lipinski definition) is 3. The summed E-state index contributed by atoms with van der Waals surface area (Å²) < 4.78 is 2.03. The molecule has 0 N–H and O–H groups in total. The van der Waals surface area contributed by atoms with Crippen LogP contribution in [0.2, 0.25) is 0 Å². The molecule has 2 unspecified atom stereocenters. The quantitative estimate of drug-likeness (QED) is 0.818. The van der Waals surface area contributed by atoms with Gasteiger partial charge in [0.1, 0.15) is 0 Å². The molecule has 0 radical (unpaired) electrons. The summed E-state index contributed by atoms with van der Waals surface area (Å²) in [5.41, 5.74) is 2.58. The van der Waals surface area contributed by atoms with Crippen LogP contribution in [0.1, 0.15) is 50.3 Å². The molecule has 5 nitrogen and oxygen atoms in total. The van der Waals surface area contributed by atoms with Gasteiger partial charge in [-0.1, -0.05) is 12.2 Å². The van der Waals surface area contributed by atoms with Crippen LogP contribution in [0, 0.1) is 5.92 Å². The van der Waals surface area contributed by atoms with E-state index in [1.807, 2.05) is 22.5 Å². The summed E-state index contributed by atoms with van der Waals surface area (Å²) in [6.45, 7) is 8.43. The third-order valence-corrected chi connectivity index (χ3v) is 6.42. The highest BCUT2D eigenvalue weighted by Gasteiger charge is 2.38. The van der Waals surface area contributed by atoms with E-state index in [2.05, 4.69) is 17.1 Å². The lowest BCUT2D eigenvalue weighted by atomic mass is 9.80. The van der Waals surface area contributed by atoms with E-state index in [0.717, 1.165) is 45.6 Å². The molecular formula is C21H29N3O2. The monoisotopic (exact) mass is 355 g/mol. The lowest BCUT2D eigenvalue weighted by Crippen LogP contribution is -2.53. The molecule has 0 saturated carbocycles. The fourth-order valence-electron chi connectivity index (χ4n) is 5.25. The Balaban J connectivity index is 1.56. The number of nitrogens with zero attached hydrogens (tertiary/aromatic N) is 3.